The smallest absolute Gasteiger partial charge is 0.184 e. The highest BCUT2D eigenvalue weighted by molar-refractivity contribution is 5.28. The van der Waals surface area contributed by atoms with Crippen LogP contribution in [0.15, 0.2) is 18.2 Å². The second-order valence-electron chi connectivity index (χ2n) is 4.63. The summed E-state index contributed by atoms with van der Waals surface area (Å²) in [6.07, 6.45) is 1.78. The highest BCUT2D eigenvalue weighted by atomic mass is 19.1. The van der Waals surface area contributed by atoms with Gasteiger partial charge in [-0.05, 0) is 38.3 Å². The van der Waals surface area contributed by atoms with Crippen LogP contribution in [-0.4, -0.2) is 12.2 Å². The van der Waals surface area contributed by atoms with Crippen LogP contribution in [-0.2, 0) is 9.47 Å². The first-order valence-electron chi connectivity index (χ1n) is 6.17. The Bertz CT molecular complexity index is 392. The van der Waals surface area contributed by atoms with Gasteiger partial charge in [-0.25, -0.2) is 4.39 Å². The number of hydrogen-bond donors (Lipinski definition) is 0. The van der Waals surface area contributed by atoms with E-state index < -0.39 is 6.29 Å². The van der Waals surface area contributed by atoms with Gasteiger partial charge in [0.1, 0.15) is 5.82 Å². The standard InChI is InChI=1S/C14H19FO2/c1-4-11-8-9(2)16-14(17-11)12-6-5-7-13(15)10(12)3/h5-7,9,11,14H,4,8H2,1-3H3. The molecule has 1 aliphatic rings. The minimum absolute atomic E-state index is 0.154. The van der Waals surface area contributed by atoms with Crippen molar-refractivity contribution in [2.24, 2.45) is 0 Å². The highest BCUT2D eigenvalue weighted by Gasteiger charge is 2.29. The zero-order chi connectivity index (χ0) is 12.4. The van der Waals surface area contributed by atoms with E-state index in [0.717, 1.165) is 18.4 Å². The van der Waals surface area contributed by atoms with E-state index in [9.17, 15) is 4.39 Å². The van der Waals surface area contributed by atoms with E-state index in [-0.39, 0.29) is 18.0 Å². The van der Waals surface area contributed by atoms with Crippen LogP contribution < -0.4 is 0 Å². The minimum atomic E-state index is -0.431. The lowest BCUT2D eigenvalue weighted by Crippen LogP contribution is -2.32. The number of halogens is 1. The molecule has 0 radical (unpaired) electrons. The summed E-state index contributed by atoms with van der Waals surface area (Å²) < 4.78 is 25.1. The molecule has 0 saturated carbocycles. The second-order valence-corrected chi connectivity index (χ2v) is 4.63. The number of benzene rings is 1. The molecule has 1 aliphatic heterocycles. The van der Waals surface area contributed by atoms with Gasteiger partial charge < -0.3 is 9.47 Å². The molecule has 1 saturated heterocycles. The molecule has 0 aliphatic carbocycles. The largest absolute Gasteiger partial charge is 0.345 e. The lowest BCUT2D eigenvalue weighted by Gasteiger charge is -2.34. The zero-order valence-corrected chi connectivity index (χ0v) is 10.6. The summed E-state index contributed by atoms with van der Waals surface area (Å²) in [6, 6.07) is 5.03. The van der Waals surface area contributed by atoms with Crippen molar-refractivity contribution in [1.82, 2.24) is 0 Å². The van der Waals surface area contributed by atoms with Crippen molar-refractivity contribution in [3.8, 4) is 0 Å². The molecule has 3 unspecified atom stereocenters. The quantitative estimate of drug-likeness (QED) is 0.781. The Balaban J connectivity index is 2.23. The molecular formula is C14H19FO2. The maximum atomic E-state index is 13.5. The second kappa shape index (κ2) is 5.15. The van der Waals surface area contributed by atoms with Gasteiger partial charge in [-0.3, -0.25) is 0 Å². The molecule has 2 nitrogen and oxygen atoms in total. The van der Waals surface area contributed by atoms with Gasteiger partial charge in [0.15, 0.2) is 6.29 Å². The van der Waals surface area contributed by atoms with Gasteiger partial charge in [0, 0.05) is 5.56 Å². The monoisotopic (exact) mass is 238 g/mol. The van der Waals surface area contributed by atoms with Crippen molar-refractivity contribution in [3.63, 3.8) is 0 Å². The zero-order valence-electron chi connectivity index (χ0n) is 10.6. The molecule has 1 fully saturated rings. The Labute approximate surface area is 102 Å². The molecular weight excluding hydrogens is 219 g/mol. The number of ether oxygens (including phenoxy) is 2. The average Bonchev–Trinajstić information content (AvgIpc) is 2.31. The summed E-state index contributed by atoms with van der Waals surface area (Å²) in [4.78, 5) is 0. The first-order valence-corrected chi connectivity index (χ1v) is 6.17. The van der Waals surface area contributed by atoms with Crippen LogP contribution in [0.3, 0.4) is 0 Å². The van der Waals surface area contributed by atoms with Crippen molar-refractivity contribution in [2.75, 3.05) is 0 Å². The van der Waals surface area contributed by atoms with E-state index in [2.05, 4.69) is 6.92 Å². The van der Waals surface area contributed by atoms with Crippen molar-refractivity contribution < 1.29 is 13.9 Å². The Hall–Kier alpha value is -0.930. The molecule has 94 valence electrons. The summed E-state index contributed by atoms with van der Waals surface area (Å²) in [5, 5.41) is 0. The summed E-state index contributed by atoms with van der Waals surface area (Å²) in [5.41, 5.74) is 1.41. The normalized spacial score (nSPS) is 29.3. The highest BCUT2D eigenvalue weighted by Crippen LogP contribution is 2.32. The van der Waals surface area contributed by atoms with E-state index in [1.165, 1.54) is 6.07 Å². The lowest BCUT2D eigenvalue weighted by molar-refractivity contribution is -0.244. The fourth-order valence-corrected chi connectivity index (χ4v) is 2.19. The van der Waals surface area contributed by atoms with Crippen molar-refractivity contribution in [1.29, 1.82) is 0 Å². The third-order valence-electron chi connectivity index (χ3n) is 3.29. The topological polar surface area (TPSA) is 18.5 Å². The van der Waals surface area contributed by atoms with Crippen LogP contribution >= 0.6 is 0 Å². The first-order chi connectivity index (χ1) is 8.11. The van der Waals surface area contributed by atoms with Crippen LogP contribution in [0.4, 0.5) is 4.39 Å². The first kappa shape index (κ1) is 12.5. The summed E-state index contributed by atoms with van der Waals surface area (Å²) >= 11 is 0. The van der Waals surface area contributed by atoms with Crippen LogP contribution in [0.25, 0.3) is 0 Å². The summed E-state index contributed by atoms with van der Waals surface area (Å²) in [7, 11) is 0. The maximum absolute atomic E-state index is 13.5. The lowest BCUT2D eigenvalue weighted by atomic mass is 10.0. The SMILES string of the molecule is CCC1CC(C)OC(c2cccc(F)c2C)O1. The van der Waals surface area contributed by atoms with Crippen molar-refractivity contribution in [2.45, 2.75) is 52.1 Å². The van der Waals surface area contributed by atoms with Crippen molar-refractivity contribution >= 4 is 0 Å². The van der Waals surface area contributed by atoms with E-state index >= 15 is 0 Å². The number of rotatable bonds is 2. The predicted molar refractivity (Wildman–Crippen MR) is 64.2 cm³/mol. The Morgan fingerprint density at radius 2 is 2.12 bits per heavy atom. The summed E-state index contributed by atoms with van der Waals surface area (Å²) in [6.45, 7) is 5.89. The van der Waals surface area contributed by atoms with Gasteiger partial charge in [0.2, 0.25) is 0 Å². The van der Waals surface area contributed by atoms with E-state index in [1.54, 1.807) is 13.0 Å². The van der Waals surface area contributed by atoms with Gasteiger partial charge in [-0.1, -0.05) is 19.1 Å². The molecule has 3 atom stereocenters. The molecule has 1 aromatic rings. The van der Waals surface area contributed by atoms with Crippen molar-refractivity contribution in [3.05, 3.63) is 35.1 Å². The average molecular weight is 238 g/mol. The van der Waals surface area contributed by atoms with E-state index in [0.29, 0.717) is 5.56 Å². The van der Waals surface area contributed by atoms with Gasteiger partial charge in [-0.2, -0.15) is 0 Å². The Morgan fingerprint density at radius 3 is 2.82 bits per heavy atom. The van der Waals surface area contributed by atoms with Gasteiger partial charge >= 0.3 is 0 Å². The van der Waals surface area contributed by atoms with Crippen LogP contribution in [0.1, 0.15) is 44.1 Å². The number of hydrogen-bond acceptors (Lipinski definition) is 2. The van der Waals surface area contributed by atoms with Crippen LogP contribution in [0.5, 0.6) is 0 Å². The van der Waals surface area contributed by atoms with E-state index in [4.69, 9.17) is 9.47 Å². The third-order valence-corrected chi connectivity index (χ3v) is 3.29. The molecule has 0 bridgehead atoms. The molecule has 1 heterocycles. The molecule has 0 N–H and O–H groups in total. The van der Waals surface area contributed by atoms with Gasteiger partial charge in [-0.15, -0.1) is 0 Å². The molecule has 3 heteroatoms. The molecule has 1 aromatic carbocycles. The Kier molecular flexibility index (Phi) is 3.79. The maximum Gasteiger partial charge on any atom is 0.184 e. The molecule has 0 spiro atoms. The fourth-order valence-electron chi connectivity index (χ4n) is 2.19. The summed E-state index contributed by atoms with van der Waals surface area (Å²) in [5.74, 6) is -0.207. The molecule has 0 aromatic heterocycles. The van der Waals surface area contributed by atoms with E-state index in [1.807, 2.05) is 13.0 Å². The minimum Gasteiger partial charge on any atom is -0.345 e. The fraction of sp³-hybridized carbons (Fsp3) is 0.571. The Morgan fingerprint density at radius 1 is 1.35 bits per heavy atom. The van der Waals surface area contributed by atoms with Crippen LogP contribution in [0.2, 0.25) is 0 Å². The predicted octanol–water partition coefficient (Wildman–Crippen LogP) is 3.74. The molecule has 2 rings (SSSR count). The third kappa shape index (κ3) is 2.67. The van der Waals surface area contributed by atoms with Gasteiger partial charge in [0.05, 0.1) is 12.2 Å². The van der Waals surface area contributed by atoms with Crippen LogP contribution in [0, 0.1) is 12.7 Å². The van der Waals surface area contributed by atoms with Gasteiger partial charge in [0.25, 0.3) is 0 Å². The molecule has 17 heavy (non-hydrogen) atoms. The molecule has 0 amide bonds.